The molecule has 162 valence electrons. The van der Waals surface area contributed by atoms with Gasteiger partial charge in [0, 0.05) is 5.97 Å². The van der Waals surface area contributed by atoms with Gasteiger partial charge < -0.3 is 21.5 Å². The Labute approximate surface area is 200 Å². The van der Waals surface area contributed by atoms with E-state index >= 15 is 0 Å². The minimum Gasteiger partial charge on any atom is -1.00 e. The molecule has 4 aliphatic rings. The molecule has 4 fully saturated rings. The molecule has 0 spiro atoms. The molecule has 2 N–H and O–H groups in total. The molecule has 0 bridgehead atoms. The molecule has 0 radical (unpaired) electrons. The van der Waals surface area contributed by atoms with Crippen LogP contribution in [0.3, 0.4) is 0 Å². The third-order valence-electron chi connectivity index (χ3n) is 10.2. The fraction of sp³-hybridized carbons (Fsp3) is 0.958. The van der Waals surface area contributed by atoms with Crippen LogP contribution in [-0.2, 0) is 4.79 Å². The largest absolute Gasteiger partial charge is 1.00 e. The molecule has 0 heterocycles. The smallest absolute Gasteiger partial charge is 1.00 e. The van der Waals surface area contributed by atoms with E-state index in [1.807, 2.05) is 0 Å². The van der Waals surface area contributed by atoms with Gasteiger partial charge in [0.25, 0.3) is 0 Å². The first-order valence-corrected chi connectivity index (χ1v) is 11.7. The molecule has 10 atom stereocenters. The van der Waals surface area contributed by atoms with Gasteiger partial charge >= 0.3 is 29.6 Å². The molecule has 4 nitrogen and oxygen atoms in total. The van der Waals surface area contributed by atoms with Crippen molar-refractivity contribution in [1.82, 2.24) is 0 Å². The van der Waals surface area contributed by atoms with Gasteiger partial charge in [0.05, 0.1) is 12.2 Å². The van der Waals surface area contributed by atoms with Crippen LogP contribution >= 0.6 is 0 Å². The van der Waals surface area contributed by atoms with Crippen LogP contribution in [0.25, 0.3) is 0 Å². The van der Waals surface area contributed by atoms with E-state index in [4.69, 9.17) is 0 Å². The number of carboxylic acids is 1. The van der Waals surface area contributed by atoms with Crippen molar-refractivity contribution in [3.8, 4) is 0 Å². The number of fused-ring (bicyclic) bond motifs is 5. The Balaban J connectivity index is 0.00000160. The van der Waals surface area contributed by atoms with E-state index in [1.54, 1.807) is 0 Å². The summed E-state index contributed by atoms with van der Waals surface area (Å²) in [5.74, 6) is 1.99. The summed E-state index contributed by atoms with van der Waals surface area (Å²) in [7, 11) is 0. The molecule has 0 aromatic carbocycles. The van der Waals surface area contributed by atoms with Crippen LogP contribution in [0.2, 0.25) is 0 Å². The zero-order valence-electron chi connectivity index (χ0n) is 19.9. The minimum atomic E-state index is -0.934. The summed E-state index contributed by atoms with van der Waals surface area (Å²) < 4.78 is 0. The number of carbonyl (C=O) groups excluding carboxylic acids is 1. The summed E-state index contributed by atoms with van der Waals surface area (Å²) in [6, 6.07) is 0. The SMILES string of the molecule is C[C@H](CCC(=O)[O-])[C@H]1CC[C@H]2[C@@H]3[C@@H](O)C[C@@H]4C[C@H](O)CC[C@]4(C)[C@H]3CC[C@]12C.[H-].[Na+]. The van der Waals surface area contributed by atoms with Gasteiger partial charge in [-0.15, -0.1) is 0 Å². The zero-order chi connectivity index (χ0) is 20.3. The third-order valence-corrected chi connectivity index (χ3v) is 10.2. The van der Waals surface area contributed by atoms with E-state index in [2.05, 4.69) is 20.8 Å². The van der Waals surface area contributed by atoms with Crippen LogP contribution in [0.4, 0.5) is 0 Å². The van der Waals surface area contributed by atoms with Crippen LogP contribution in [0.15, 0.2) is 0 Å². The van der Waals surface area contributed by atoms with Crippen molar-refractivity contribution in [1.29, 1.82) is 0 Å². The number of aliphatic hydroxyl groups excluding tert-OH is 2. The van der Waals surface area contributed by atoms with Crippen molar-refractivity contribution in [2.75, 3.05) is 0 Å². The van der Waals surface area contributed by atoms with Crippen LogP contribution in [0.1, 0.15) is 86.4 Å². The summed E-state index contributed by atoms with van der Waals surface area (Å²) >= 11 is 0. The Morgan fingerprint density at radius 2 is 1.72 bits per heavy atom. The molecule has 29 heavy (non-hydrogen) atoms. The number of aliphatic carboxylic acids is 1. The molecule has 4 rings (SSSR count). The zero-order valence-corrected chi connectivity index (χ0v) is 20.9. The van der Waals surface area contributed by atoms with E-state index in [0.29, 0.717) is 41.9 Å². The topological polar surface area (TPSA) is 80.6 Å². The Kier molecular flexibility index (Phi) is 7.24. The van der Waals surface area contributed by atoms with Crippen LogP contribution in [0, 0.1) is 46.3 Å². The number of carboxylic acid groups (broad SMARTS) is 1. The quantitative estimate of drug-likeness (QED) is 0.646. The maximum atomic E-state index is 11.2. The summed E-state index contributed by atoms with van der Waals surface area (Å²) in [6.07, 6.45) is 8.91. The monoisotopic (exact) mass is 415 g/mol. The second-order valence-electron chi connectivity index (χ2n) is 11.3. The molecular weight excluding hydrogens is 375 g/mol. The maximum absolute atomic E-state index is 11.2. The predicted octanol–water partition coefficient (Wildman–Crippen LogP) is 0.260. The number of aliphatic hydroxyl groups is 2. The van der Waals surface area contributed by atoms with Gasteiger partial charge in [-0.1, -0.05) is 20.8 Å². The van der Waals surface area contributed by atoms with E-state index in [-0.39, 0.29) is 60.4 Å². The van der Waals surface area contributed by atoms with Crippen LogP contribution in [-0.4, -0.2) is 28.4 Å². The van der Waals surface area contributed by atoms with Crippen molar-refractivity contribution in [3.05, 3.63) is 0 Å². The Morgan fingerprint density at radius 3 is 2.41 bits per heavy atom. The molecule has 5 heteroatoms. The van der Waals surface area contributed by atoms with Gasteiger partial charge in [-0.3, -0.25) is 0 Å². The Hall–Kier alpha value is 0.390. The average molecular weight is 416 g/mol. The normalized spacial score (nSPS) is 49.9. The second kappa shape index (κ2) is 8.73. The van der Waals surface area contributed by atoms with Crippen molar-refractivity contribution >= 4 is 5.97 Å². The summed E-state index contributed by atoms with van der Waals surface area (Å²) in [5, 5.41) is 32.4. The van der Waals surface area contributed by atoms with E-state index < -0.39 is 5.97 Å². The standard InChI is InChI=1S/C24H40O4.Na.H/c1-14(4-7-21(27)28)17-5-6-18-22-19(9-11-24(17,18)3)23(2)10-8-16(25)12-15(23)13-20(22)26;;/h14-20,22,25-26H,4-13H2,1-3H3,(H,27,28);;/q;+1;-1/p-1/t14-,15+,16-,17-,18+,19+,20+,22+,23+,24-;;/m1../s1. The molecule has 0 amide bonds. The number of rotatable bonds is 4. The predicted molar refractivity (Wildman–Crippen MR) is 107 cm³/mol. The summed E-state index contributed by atoms with van der Waals surface area (Å²) in [6.45, 7) is 7.11. The molecule has 0 unspecified atom stereocenters. The van der Waals surface area contributed by atoms with Gasteiger partial charge in [-0.2, -0.15) is 0 Å². The average Bonchev–Trinajstić information content (AvgIpc) is 2.98. The summed E-state index contributed by atoms with van der Waals surface area (Å²) in [4.78, 5) is 10.9. The second-order valence-corrected chi connectivity index (χ2v) is 11.3. The molecule has 0 saturated heterocycles. The van der Waals surface area contributed by atoms with E-state index in [1.165, 1.54) is 25.7 Å². The van der Waals surface area contributed by atoms with Crippen molar-refractivity contribution in [2.45, 2.75) is 97.2 Å². The molecule has 0 aromatic rings. The van der Waals surface area contributed by atoms with Crippen LogP contribution < -0.4 is 34.7 Å². The summed E-state index contributed by atoms with van der Waals surface area (Å²) in [5.41, 5.74) is 0.494. The van der Waals surface area contributed by atoms with Gasteiger partial charge in [-0.25, -0.2) is 0 Å². The first kappa shape index (κ1) is 24.0. The van der Waals surface area contributed by atoms with Crippen molar-refractivity contribution < 1.29 is 51.1 Å². The van der Waals surface area contributed by atoms with Gasteiger partial charge in [0.15, 0.2) is 0 Å². The van der Waals surface area contributed by atoms with Gasteiger partial charge in [0.2, 0.25) is 0 Å². The fourth-order valence-corrected chi connectivity index (χ4v) is 8.72. The third kappa shape index (κ3) is 3.99. The molecule has 0 aliphatic heterocycles. The molecular formula is C24H40NaO4-. The number of hydrogen-bond donors (Lipinski definition) is 2. The molecule has 4 aliphatic carbocycles. The first-order chi connectivity index (χ1) is 13.2. The Bertz CT molecular complexity index is 618. The minimum absolute atomic E-state index is 0. The number of carbonyl (C=O) groups is 1. The van der Waals surface area contributed by atoms with E-state index in [9.17, 15) is 20.1 Å². The number of hydrogen-bond acceptors (Lipinski definition) is 4. The maximum Gasteiger partial charge on any atom is 1.00 e. The van der Waals surface area contributed by atoms with E-state index in [0.717, 1.165) is 25.7 Å². The molecule has 4 saturated carbocycles. The Morgan fingerprint density at radius 1 is 1.07 bits per heavy atom. The van der Waals surface area contributed by atoms with Crippen molar-refractivity contribution in [3.63, 3.8) is 0 Å². The fourth-order valence-electron chi connectivity index (χ4n) is 8.72. The van der Waals surface area contributed by atoms with Gasteiger partial charge in [0.1, 0.15) is 0 Å². The van der Waals surface area contributed by atoms with Crippen molar-refractivity contribution in [2.24, 2.45) is 46.3 Å². The molecule has 0 aromatic heterocycles. The van der Waals surface area contributed by atoms with Crippen LogP contribution in [0.5, 0.6) is 0 Å². The first-order valence-electron chi connectivity index (χ1n) is 11.7. The van der Waals surface area contributed by atoms with Gasteiger partial charge in [-0.05, 0) is 111 Å².